The molecule has 0 radical (unpaired) electrons. The largest absolute Gasteiger partial charge is 0.490 e. The molecule has 1 aliphatic rings. The summed E-state index contributed by atoms with van der Waals surface area (Å²) >= 11 is 0. The van der Waals surface area contributed by atoms with Gasteiger partial charge in [-0.15, -0.1) is 0 Å². The number of imide groups is 2. The lowest BCUT2D eigenvalue weighted by Crippen LogP contribution is -2.54. The first kappa shape index (κ1) is 24.1. The van der Waals surface area contributed by atoms with Crippen molar-refractivity contribution in [2.24, 2.45) is 0 Å². The fourth-order valence-corrected chi connectivity index (χ4v) is 3.56. The van der Waals surface area contributed by atoms with Gasteiger partial charge in [0.2, 0.25) is 0 Å². The summed E-state index contributed by atoms with van der Waals surface area (Å²) in [5, 5.41) is 13.2. The van der Waals surface area contributed by atoms with Crippen LogP contribution >= 0.6 is 0 Å². The molecule has 0 bridgehead atoms. The third kappa shape index (κ3) is 5.22. The molecular weight excluding hydrogens is 466 g/mol. The fraction of sp³-hybridized carbons (Fsp3) is 0.115. The first-order valence-electron chi connectivity index (χ1n) is 11.0. The van der Waals surface area contributed by atoms with Crippen LogP contribution < -0.4 is 19.7 Å². The van der Waals surface area contributed by atoms with Crippen LogP contribution in [0.1, 0.15) is 18.1 Å². The SMILES string of the molecule is CCOc1cc(/C=C2\C(=O)NC(=O)N(c3ccccc3)C2=O)ccc1OCc1cccc([N+](=O)[O-])c1. The predicted molar refractivity (Wildman–Crippen MR) is 130 cm³/mol. The molecule has 3 aromatic carbocycles. The minimum Gasteiger partial charge on any atom is -0.490 e. The second-order valence-corrected chi connectivity index (χ2v) is 7.65. The van der Waals surface area contributed by atoms with Crippen LogP contribution in [0.5, 0.6) is 11.5 Å². The highest BCUT2D eigenvalue weighted by molar-refractivity contribution is 6.39. The van der Waals surface area contributed by atoms with Gasteiger partial charge in [0.1, 0.15) is 12.2 Å². The maximum Gasteiger partial charge on any atom is 0.335 e. The van der Waals surface area contributed by atoms with E-state index in [-0.39, 0.29) is 17.9 Å². The molecular formula is C26H21N3O7. The Balaban J connectivity index is 1.59. The van der Waals surface area contributed by atoms with E-state index < -0.39 is 22.8 Å². The Morgan fingerprint density at radius 1 is 0.944 bits per heavy atom. The van der Waals surface area contributed by atoms with Gasteiger partial charge in [0.05, 0.1) is 17.2 Å². The molecule has 0 aromatic heterocycles. The number of nitrogens with one attached hydrogen (secondary N) is 1. The molecule has 0 saturated carbocycles. The van der Waals surface area contributed by atoms with Crippen LogP contribution in [0.15, 0.2) is 78.4 Å². The van der Waals surface area contributed by atoms with Crippen molar-refractivity contribution in [2.45, 2.75) is 13.5 Å². The second-order valence-electron chi connectivity index (χ2n) is 7.65. The molecule has 0 unspecified atom stereocenters. The number of hydrogen-bond acceptors (Lipinski definition) is 7. The van der Waals surface area contributed by atoms with Crippen LogP contribution in [-0.2, 0) is 16.2 Å². The van der Waals surface area contributed by atoms with Gasteiger partial charge in [-0.2, -0.15) is 0 Å². The van der Waals surface area contributed by atoms with Crippen molar-refractivity contribution in [3.63, 3.8) is 0 Å². The molecule has 4 rings (SSSR count). The minimum atomic E-state index is -0.826. The van der Waals surface area contributed by atoms with Crippen molar-refractivity contribution in [3.8, 4) is 11.5 Å². The number of carbonyl (C=O) groups is 3. The van der Waals surface area contributed by atoms with Gasteiger partial charge in [0.25, 0.3) is 17.5 Å². The molecule has 10 nitrogen and oxygen atoms in total. The van der Waals surface area contributed by atoms with Gasteiger partial charge >= 0.3 is 6.03 Å². The summed E-state index contributed by atoms with van der Waals surface area (Å²) in [6.07, 6.45) is 1.37. The Morgan fingerprint density at radius 3 is 2.44 bits per heavy atom. The smallest absolute Gasteiger partial charge is 0.335 e. The normalized spacial score (nSPS) is 14.5. The standard InChI is InChI=1S/C26H21N3O7/c1-2-35-23-15-17(11-12-22(23)36-16-18-7-6-10-20(13-18)29(33)34)14-21-24(30)27-26(32)28(25(21)31)19-8-4-3-5-9-19/h3-15H,2,16H2,1H3,(H,27,30,32)/b21-14+. The molecule has 1 N–H and O–H groups in total. The predicted octanol–water partition coefficient (Wildman–Crippen LogP) is 4.24. The van der Waals surface area contributed by atoms with Gasteiger partial charge < -0.3 is 9.47 Å². The second kappa shape index (κ2) is 10.5. The Bertz CT molecular complexity index is 1370. The summed E-state index contributed by atoms with van der Waals surface area (Å²) < 4.78 is 11.5. The monoisotopic (exact) mass is 487 g/mol. The maximum atomic E-state index is 13.0. The molecule has 1 saturated heterocycles. The average molecular weight is 487 g/mol. The number of non-ortho nitro benzene ring substituents is 1. The number of amides is 4. The topological polar surface area (TPSA) is 128 Å². The van der Waals surface area contributed by atoms with Gasteiger partial charge in [0.15, 0.2) is 11.5 Å². The molecule has 36 heavy (non-hydrogen) atoms. The minimum absolute atomic E-state index is 0.0402. The fourth-order valence-electron chi connectivity index (χ4n) is 3.56. The number of ether oxygens (including phenoxy) is 2. The number of rotatable bonds is 8. The van der Waals surface area contributed by atoms with Gasteiger partial charge in [0, 0.05) is 12.1 Å². The first-order valence-corrected chi connectivity index (χ1v) is 11.0. The van der Waals surface area contributed by atoms with E-state index in [1.165, 1.54) is 18.2 Å². The van der Waals surface area contributed by atoms with Crippen LogP contribution in [0.25, 0.3) is 6.08 Å². The molecule has 182 valence electrons. The van der Waals surface area contributed by atoms with Crippen molar-refractivity contribution in [1.82, 2.24) is 5.32 Å². The van der Waals surface area contributed by atoms with E-state index >= 15 is 0 Å². The molecule has 4 amide bonds. The third-order valence-electron chi connectivity index (χ3n) is 5.21. The summed E-state index contributed by atoms with van der Waals surface area (Å²) in [5.41, 5.74) is 1.15. The quantitative estimate of drug-likeness (QED) is 0.218. The summed E-state index contributed by atoms with van der Waals surface area (Å²) in [6.45, 7) is 2.18. The number of nitro groups is 1. The number of nitro benzene ring substituents is 1. The number of benzene rings is 3. The van der Waals surface area contributed by atoms with Crippen LogP contribution in [0.4, 0.5) is 16.2 Å². The van der Waals surface area contributed by atoms with E-state index in [1.54, 1.807) is 67.6 Å². The van der Waals surface area contributed by atoms with Crippen LogP contribution in [-0.4, -0.2) is 29.4 Å². The van der Waals surface area contributed by atoms with E-state index in [0.29, 0.717) is 34.9 Å². The molecule has 3 aromatic rings. The van der Waals surface area contributed by atoms with E-state index in [4.69, 9.17) is 9.47 Å². The number of barbiturate groups is 1. The summed E-state index contributed by atoms with van der Waals surface area (Å²) in [4.78, 5) is 49.2. The van der Waals surface area contributed by atoms with Crippen molar-refractivity contribution in [2.75, 3.05) is 11.5 Å². The zero-order valence-corrected chi connectivity index (χ0v) is 19.2. The number of urea groups is 1. The van der Waals surface area contributed by atoms with Gasteiger partial charge in [-0.3, -0.25) is 25.0 Å². The Kier molecular flexibility index (Phi) is 7.05. The van der Waals surface area contributed by atoms with E-state index in [9.17, 15) is 24.5 Å². The Morgan fingerprint density at radius 2 is 1.72 bits per heavy atom. The van der Waals surface area contributed by atoms with E-state index in [1.807, 2.05) is 0 Å². The number of nitrogens with zero attached hydrogens (tertiary/aromatic N) is 2. The number of hydrogen-bond donors (Lipinski definition) is 1. The summed E-state index contributed by atoms with van der Waals surface area (Å²) in [6, 6.07) is 18.4. The first-order chi connectivity index (χ1) is 17.4. The lowest BCUT2D eigenvalue weighted by atomic mass is 10.1. The van der Waals surface area contributed by atoms with E-state index in [0.717, 1.165) is 4.90 Å². The Hall–Kier alpha value is -4.99. The van der Waals surface area contributed by atoms with Crippen molar-refractivity contribution >= 4 is 35.3 Å². The number of carbonyl (C=O) groups excluding carboxylic acids is 3. The molecule has 0 atom stereocenters. The van der Waals surface area contributed by atoms with E-state index in [2.05, 4.69) is 5.32 Å². The van der Waals surface area contributed by atoms with Crippen molar-refractivity contribution in [3.05, 3.63) is 99.6 Å². The molecule has 10 heteroatoms. The molecule has 0 aliphatic carbocycles. The van der Waals surface area contributed by atoms with Gasteiger partial charge in [-0.05, 0) is 48.4 Å². The highest BCUT2D eigenvalue weighted by Gasteiger charge is 2.36. The number of anilines is 1. The Labute approximate surface area is 205 Å². The zero-order valence-electron chi connectivity index (χ0n) is 19.2. The average Bonchev–Trinajstić information content (AvgIpc) is 2.87. The highest BCUT2D eigenvalue weighted by atomic mass is 16.6. The van der Waals surface area contributed by atoms with Crippen LogP contribution in [0.3, 0.4) is 0 Å². The maximum absolute atomic E-state index is 13.0. The molecule has 0 spiro atoms. The van der Waals surface area contributed by atoms with Gasteiger partial charge in [-0.25, -0.2) is 9.69 Å². The van der Waals surface area contributed by atoms with Crippen molar-refractivity contribution < 1.29 is 28.8 Å². The van der Waals surface area contributed by atoms with Crippen molar-refractivity contribution in [1.29, 1.82) is 0 Å². The molecule has 1 heterocycles. The van der Waals surface area contributed by atoms with Gasteiger partial charge in [-0.1, -0.05) is 36.4 Å². The lowest BCUT2D eigenvalue weighted by Gasteiger charge is -2.26. The number of para-hydroxylation sites is 1. The summed E-state index contributed by atoms with van der Waals surface area (Å²) in [7, 11) is 0. The highest BCUT2D eigenvalue weighted by Crippen LogP contribution is 2.31. The third-order valence-corrected chi connectivity index (χ3v) is 5.21. The zero-order chi connectivity index (χ0) is 25.7. The molecule has 1 fully saturated rings. The van der Waals surface area contributed by atoms with Crippen LogP contribution in [0, 0.1) is 10.1 Å². The lowest BCUT2D eigenvalue weighted by molar-refractivity contribution is -0.384. The molecule has 1 aliphatic heterocycles. The van der Waals surface area contributed by atoms with Crippen LogP contribution in [0.2, 0.25) is 0 Å². The summed E-state index contributed by atoms with van der Waals surface area (Å²) in [5.74, 6) is -0.817.